The molecule has 0 aromatic rings. The fourth-order valence-corrected chi connectivity index (χ4v) is 4.60. The molecule has 3 rings (SSSR count). The Balaban J connectivity index is 1.75. The number of nitrogens with zero attached hydrogens (tertiary/aromatic N) is 3. The molecule has 1 amide bonds. The van der Waals surface area contributed by atoms with E-state index in [1.165, 1.54) is 19.3 Å². The van der Waals surface area contributed by atoms with Gasteiger partial charge in [0, 0.05) is 52.5 Å². The van der Waals surface area contributed by atoms with Crippen molar-refractivity contribution in [3.8, 4) is 0 Å². The van der Waals surface area contributed by atoms with E-state index in [9.17, 15) is 4.79 Å². The maximum atomic E-state index is 13.5. The van der Waals surface area contributed by atoms with Crippen molar-refractivity contribution in [2.75, 3.05) is 53.5 Å². The molecule has 0 atom stereocenters. The number of carbonyl (C=O) groups is 1. The van der Waals surface area contributed by atoms with E-state index in [4.69, 9.17) is 4.74 Å². The fourth-order valence-electron chi connectivity index (χ4n) is 4.60. The van der Waals surface area contributed by atoms with E-state index in [1.807, 2.05) is 7.05 Å². The second-order valence-electron chi connectivity index (χ2n) is 7.64. The molecule has 2 saturated heterocycles. The second kappa shape index (κ2) is 7.49. The lowest BCUT2D eigenvalue weighted by molar-refractivity contribution is -0.151. The molecule has 132 valence electrons. The van der Waals surface area contributed by atoms with Gasteiger partial charge in [-0.2, -0.15) is 0 Å². The molecule has 0 aromatic carbocycles. The number of ether oxygens (including phenoxy) is 1. The minimum absolute atomic E-state index is 0.230. The molecule has 3 fully saturated rings. The SMILES string of the molecule is CN1CCN(C2(C(=O)N(C)C3CCOCC3)CCCCC2)CC1. The van der Waals surface area contributed by atoms with Gasteiger partial charge in [-0.15, -0.1) is 0 Å². The molecule has 0 unspecified atom stereocenters. The maximum Gasteiger partial charge on any atom is 0.243 e. The highest BCUT2D eigenvalue weighted by molar-refractivity contribution is 5.86. The Hall–Kier alpha value is -0.650. The highest BCUT2D eigenvalue weighted by atomic mass is 16.5. The number of rotatable bonds is 3. The van der Waals surface area contributed by atoms with Gasteiger partial charge >= 0.3 is 0 Å². The van der Waals surface area contributed by atoms with Gasteiger partial charge in [0.1, 0.15) is 5.54 Å². The Kier molecular flexibility index (Phi) is 5.60. The van der Waals surface area contributed by atoms with E-state index >= 15 is 0 Å². The Morgan fingerprint density at radius 1 is 1.04 bits per heavy atom. The number of hydrogen-bond donors (Lipinski definition) is 0. The molecular weight excluding hydrogens is 290 g/mol. The average molecular weight is 323 g/mol. The zero-order valence-electron chi connectivity index (χ0n) is 14.9. The Morgan fingerprint density at radius 3 is 2.26 bits per heavy atom. The smallest absolute Gasteiger partial charge is 0.243 e. The molecule has 1 saturated carbocycles. The van der Waals surface area contributed by atoms with Crippen LogP contribution in [0.2, 0.25) is 0 Å². The summed E-state index contributed by atoms with van der Waals surface area (Å²) in [5.74, 6) is 0.383. The topological polar surface area (TPSA) is 36.0 Å². The van der Waals surface area contributed by atoms with Crippen LogP contribution in [0, 0.1) is 0 Å². The summed E-state index contributed by atoms with van der Waals surface area (Å²) in [6.45, 7) is 5.81. The van der Waals surface area contributed by atoms with Gasteiger partial charge in [-0.3, -0.25) is 9.69 Å². The molecule has 5 heteroatoms. The molecule has 0 aromatic heterocycles. The quantitative estimate of drug-likeness (QED) is 0.790. The van der Waals surface area contributed by atoms with Gasteiger partial charge in [-0.1, -0.05) is 19.3 Å². The van der Waals surface area contributed by atoms with Gasteiger partial charge in [-0.05, 0) is 32.7 Å². The summed E-state index contributed by atoms with van der Waals surface area (Å²) in [5, 5.41) is 0. The lowest BCUT2D eigenvalue weighted by atomic mass is 9.78. The third-order valence-corrected chi connectivity index (χ3v) is 6.25. The van der Waals surface area contributed by atoms with E-state index in [0.717, 1.165) is 65.1 Å². The summed E-state index contributed by atoms with van der Waals surface area (Å²) < 4.78 is 5.47. The van der Waals surface area contributed by atoms with Crippen molar-refractivity contribution in [1.82, 2.24) is 14.7 Å². The Labute approximate surface area is 140 Å². The minimum Gasteiger partial charge on any atom is -0.381 e. The van der Waals surface area contributed by atoms with Gasteiger partial charge in [0.05, 0.1) is 0 Å². The van der Waals surface area contributed by atoms with Gasteiger partial charge < -0.3 is 14.5 Å². The zero-order chi connectivity index (χ0) is 16.3. The van der Waals surface area contributed by atoms with Crippen LogP contribution < -0.4 is 0 Å². The summed E-state index contributed by atoms with van der Waals surface area (Å²) in [5.41, 5.74) is -0.230. The van der Waals surface area contributed by atoms with E-state index in [-0.39, 0.29) is 5.54 Å². The van der Waals surface area contributed by atoms with Crippen molar-refractivity contribution in [1.29, 1.82) is 0 Å². The first kappa shape index (κ1) is 17.2. The van der Waals surface area contributed by atoms with Crippen LogP contribution in [0.25, 0.3) is 0 Å². The van der Waals surface area contributed by atoms with E-state index in [1.54, 1.807) is 0 Å². The summed E-state index contributed by atoms with van der Waals surface area (Å²) in [6.07, 6.45) is 7.73. The molecule has 1 aliphatic carbocycles. The number of hydrogen-bond acceptors (Lipinski definition) is 4. The minimum atomic E-state index is -0.230. The van der Waals surface area contributed by atoms with Crippen LogP contribution in [0.5, 0.6) is 0 Å². The van der Waals surface area contributed by atoms with E-state index in [2.05, 4.69) is 21.7 Å². The maximum absolute atomic E-state index is 13.5. The van der Waals surface area contributed by atoms with Crippen LogP contribution in [0.15, 0.2) is 0 Å². The fraction of sp³-hybridized carbons (Fsp3) is 0.944. The molecule has 0 radical (unpaired) electrons. The molecule has 0 N–H and O–H groups in total. The Morgan fingerprint density at radius 2 is 1.65 bits per heavy atom. The van der Waals surface area contributed by atoms with Gasteiger partial charge in [-0.25, -0.2) is 0 Å². The van der Waals surface area contributed by atoms with Crippen molar-refractivity contribution in [3.63, 3.8) is 0 Å². The molecule has 5 nitrogen and oxygen atoms in total. The normalized spacial score (nSPS) is 27.7. The second-order valence-corrected chi connectivity index (χ2v) is 7.64. The zero-order valence-corrected chi connectivity index (χ0v) is 14.9. The molecular formula is C18H33N3O2. The van der Waals surface area contributed by atoms with Crippen LogP contribution in [0.3, 0.4) is 0 Å². The van der Waals surface area contributed by atoms with Gasteiger partial charge in [0.2, 0.25) is 5.91 Å². The summed E-state index contributed by atoms with van der Waals surface area (Å²) in [6, 6.07) is 0.363. The average Bonchev–Trinajstić information content (AvgIpc) is 2.62. The number of amides is 1. The van der Waals surface area contributed by atoms with Crippen LogP contribution in [-0.2, 0) is 9.53 Å². The van der Waals surface area contributed by atoms with Crippen molar-refractivity contribution >= 4 is 5.91 Å². The van der Waals surface area contributed by atoms with E-state index in [0.29, 0.717) is 11.9 Å². The molecule has 3 aliphatic rings. The summed E-state index contributed by atoms with van der Waals surface area (Å²) in [4.78, 5) is 20.5. The molecule has 23 heavy (non-hydrogen) atoms. The third kappa shape index (κ3) is 3.57. The molecule has 2 aliphatic heterocycles. The van der Waals surface area contributed by atoms with Crippen molar-refractivity contribution in [2.45, 2.75) is 56.5 Å². The highest BCUT2D eigenvalue weighted by Crippen LogP contribution is 2.36. The van der Waals surface area contributed by atoms with Crippen molar-refractivity contribution in [2.24, 2.45) is 0 Å². The number of carbonyl (C=O) groups excluding carboxylic acids is 1. The monoisotopic (exact) mass is 323 g/mol. The number of piperazine rings is 1. The first-order valence-electron chi connectivity index (χ1n) is 9.42. The standard InChI is InChI=1S/C18H33N3O2/c1-19-10-12-21(13-11-19)18(8-4-3-5-9-18)17(22)20(2)16-6-14-23-15-7-16/h16H,3-15H2,1-2H3. The van der Waals surface area contributed by atoms with Gasteiger partial charge in [0.15, 0.2) is 0 Å². The number of likely N-dealkylation sites (N-methyl/N-ethyl adjacent to an activating group) is 2. The predicted octanol–water partition coefficient (Wildman–Crippen LogP) is 1.57. The van der Waals surface area contributed by atoms with E-state index < -0.39 is 0 Å². The first-order valence-corrected chi connectivity index (χ1v) is 9.42. The highest BCUT2D eigenvalue weighted by Gasteiger charge is 2.47. The van der Waals surface area contributed by atoms with Crippen molar-refractivity contribution in [3.05, 3.63) is 0 Å². The Bertz CT molecular complexity index is 395. The van der Waals surface area contributed by atoms with Crippen LogP contribution in [-0.4, -0.2) is 85.7 Å². The van der Waals surface area contributed by atoms with Gasteiger partial charge in [0.25, 0.3) is 0 Å². The summed E-state index contributed by atoms with van der Waals surface area (Å²) >= 11 is 0. The van der Waals surface area contributed by atoms with Crippen LogP contribution in [0.4, 0.5) is 0 Å². The molecule has 0 spiro atoms. The van der Waals surface area contributed by atoms with Crippen molar-refractivity contribution < 1.29 is 9.53 Å². The molecule has 2 heterocycles. The summed E-state index contributed by atoms with van der Waals surface area (Å²) in [7, 11) is 4.21. The third-order valence-electron chi connectivity index (χ3n) is 6.25. The predicted molar refractivity (Wildman–Crippen MR) is 91.5 cm³/mol. The lowest BCUT2D eigenvalue weighted by Gasteiger charge is -2.50. The van der Waals surface area contributed by atoms with Crippen LogP contribution >= 0.6 is 0 Å². The largest absolute Gasteiger partial charge is 0.381 e. The van der Waals surface area contributed by atoms with Crippen LogP contribution in [0.1, 0.15) is 44.9 Å². The first-order chi connectivity index (χ1) is 11.1. The molecule has 0 bridgehead atoms. The lowest BCUT2D eigenvalue weighted by Crippen LogP contribution is -2.65.